The van der Waals surface area contributed by atoms with Crippen molar-refractivity contribution in [1.29, 1.82) is 0 Å². The van der Waals surface area contributed by atoms with Crippen molar-refractivity contribution < 1.29 is 13.5 Å². The standard InChI is InChI=1S/C19H23NO3S/c21-19(16-7-2-1-3-8-16)12-13-20-24(22,23)18-11-10-15-6-4-5-9-17(15)14-18/h1-3,7-8,10-11,14,19-21H,4-6,9,12-13H2/t19-/m1/s1. The first-order valence-corrected chi connectivity index (χ1v) is 9.89. The predicted molar refractivity (Wildman–Crippen MR) is 94.3 cm³/mol. The minimum Gasteiger partial charge on any atom is -0.388 e. The summed E-state index contributed by atoms with van der Waals surface area (Å²) in [5.74, 6) is 0. The number of fused-ring (bicyclic) bond motifs is 1. The van der Waals surface area contributed by atoms with Crippen molar-refractivity contribution in [1.82, 2.24) is 4.72 Å². The molecule has 24 heavy (non-hydrogen) atoms. The maximum absolute atomic E-state index is 12.4. The van der Waals surface area contributed by atoms with Gasteiger partial charge in [0.1, 0.15) is 0 Å². The molecule has 5 heteroatoms. The molecule has 0 aromatic heterocycles. The molecule has 1 aliphatic rings. The molecule has 0 amide bonds. The number of nitrogens with one attached hydrogen (secondary N) is 1. The average molecular weight is 345 g/mol. The third-order valence-electron chi connectivity index (χ3n) is 4.52. The van der Waals surface area contributed by atoms with Gasteiger partial charge in [0.15, 0.2) is 0 Å². The molecule has 0 radical (unpaired) electrons. The monoisotopic (exact) mass is 345 g/mol. The Bertz CT molecular complexity index is 788. The van der Waals surface area contributed by atoms with Gasteiger partial charge in [-0.1, -0.05) is 36.4 Å². The summed E-state index contributed by atoms with van der Waals surface area (Å²) in [5, 5.41) is 10.1. The fourth-order valence-corrected chi connectivity index (χ4v) is 4.23. The maximum Gasteiger partial charge on any atom is 0.240 e. The van der Waals surface area contributed by atoms with Crippen LogP contribution in [0.5, 0.6) is 0 Å². The van der Waals surface area contributed by atoms with E-state index in [1.807, 2.05) is 36.4 Å². The van der Waals surface area contributed by atoms with E-state index in [0.29, 0.717) is 11.3 Å². The smallest absolute Gasteiger partial charge is 0.240 e. The van der Waals surface area contributed by atoms with Crippen LogP contribution in [0, 0.1) is 0 Å². The van der Waals surface area contributed by atoms with E-state index >= 15 is 0 Å². The summed E-state index contributed by atoms with van der Waals surface area (Å²) in [6, 6.07) is 14.7. The second-order valence-electron chi connectivity index (χ2n) is 6.25. The Balaban J connectivity index is 1.62. The van der Waals surface area contributed by atoms with Crippen LogP contribution in [-0.2, 0) is 22.9 Å². The van der Waals surface area contributed by atoms with E-state index in [1.165, 1.54) is 12.0 Å². The Hall–Kier alpha value is -1.69. The molecule has 2 N–H and O–H groups in total. The van der Waals surface area contributed by atoms with Crippen LogP contribution in [0.4, 0.5) is 0 Å². The molecule has 0 saturated carbocycles. The van der Waals surface area contributed by atoms with Gasteiger partial charge in [-0.05, 0) is 60.9 Å². The van der Waals surface area contributed by atoms with Crippen LogP contribution in [0.15, 0.2) is 53.4 Å². The summed E-state index contributed by atoms with van der Waals surface area (Å²) >= 11 is 0. The van der Waals surface area contributed by atoms with E-state index in [-0.39, 0.29) is 6.54 Å². The fraction of sp³-hybridized carbons (Fsp3) is 0.368. The van der Waals surface area contributed by atoms with Gasteiger partial charge in [0, 0.05) is 6.54 Å². The van der Waals surface area contributed by atoms with Crippen molar-refractivity contribution in [2.24, 2.45) is 0 Å². The lowest BCUT2D eigenvalue weighted by Gasteiger charge is -2.17. The SMILES string of the molecule is O=S(=O)(NCC[C@@H](O)c1ccccc1)c1ccc2c(c1)CCCC2. The highest BCUT2D eigenvalue weighted by molar-refractivity contribution is 7.89. The van der Waals surface area contributed by atoms with Crippen molar-refractivity contribution in [3.05, 3.63) is 65.2 Å². The summed E-state index contributed by atoms with van der Waals surface area (Å²) in [5.41, 5.74) is 3.21. The van der Waals surface area contributed by atoms with Gasteiger partial charge in [-0.2, -0.15) is 0 Å². The van der Waals surface area contributed by atoms with Gasteiger partial charge < -0.3 is 5.11 Å². The van der Waals surface area contributed by atoms with Gasteiger partial charge >= 0.3 is 0 Å². The third-order valence-corrected chi connectivity index (χ3v) is 5.98. The molecular formula is C19H23NO3S. The van der Waals surface area contributed by atoms with Crippen molar-refractivity contribution in [3.8, 4) is 0 Å². The molecule has 0 heterocycles. The molecule has 3 rings (SSSR count). The van der Waals surface area contributed by atoms with Crippen molar-refractivity contribution in [2.45, 2.75) is 43.1 Å². The molecule has 0 bridgehead atoms. The van der Waals surface area contributed by atoms with E-state index in [0.717, 1.165) is 30.4 Å². The number of sulfonamides is 1. The van der Waals surface area contributed by atoms with E-state index < -0.39 is 16.1 Å². The second kappa shape index (κ2) is 7.47. The van der Waals surface area contributed by atoms with Crippen LogP contribution in [0.3, 0.4) is 0 Å². The summed E-state index contributed by atoms with van der Waals surface area (Å²) in [6.07, 6.45) is 3.95. The van der Waals surface area contributed by atoms with Gasteiger partial charge in [-0.25, -0.2) is 13.1 Å². The molecule has 0 spiro atoms. The summed E-state index contributed by atoms with van der Waals surface area (Å²) in [4.78, 5) is 0.317. The number of hydrogen-bond donors (Lipinski definition) is 2. The van der Waals surface area contributed by atoms with Gasteiger partial charge in [0.25, 0.3) is 0 Å². The lowest BCUT2D eigenvalue weighted by atomic mass is 9.92. The van der Waals surface area contributed by atoms with Crippen molar-refractivity contribution >= 4 is 10.0 Å². The fourth-order valence-electron chi connectivity index (χ4n) is 3.13. The minimum atomic E-state index is -3.53. The van der Waals surface area contributed by atoms with E-state index in [1.54, 1.807) is 12.1 Å². The molecule has 2 aromatic rings. The maximum atomic E-state index is 12.4. The summed E-state index contributed by atoms with van der Waals surface area (Å²) in [7, 11) is -3.53. The average Bonchev–Trinajstić information content (AvgIpc) is 2.62. The van der Waals surface area contributed by atoms with Crippen LogP contribution in [-0.4, -0.2) is 20.1 Å². The number of benzene rings is 2. The summed E-state index contributed by atoms with van der Waals surface area (Å²) < 4.78 is 27.5. The highest BCUT2D eigenvalue weighted by Gasteiger charge is 2.18. The predicted octanol–water partition coefficient (Wildman–Crippen LogP) is 2.97. The van der Waals surface area contributed by atoms with E-state index in [9.17, 15) is 13.5 Å². The van der Waals surface area contributed by atoms with Crippen LogP contribution in [0.25, 0.3) is 0 Å². The topological polar surface area (TPSA) is 66.4 Å². The minimum absolute atomic E-state index is 0.204. The highest BCUT2D eigenvalue weighted by Crippen LogP contribution is 2.24. The molecule has 1 aliphatic carbocycles. The zero-order valence-corrected chi connectivity index (χ0v) is 14.4. The Morgan fingerprint density at radius 3 is 2.46 bits per heavy atom. The van der Waals surface area contributed by atoms with Gasteiger partial charge in [-0.15, -0.1) is 0 Å². The highest BCUT2D eigenvalue weighted by atomic mass is 32.2. The van der Waals surface area contributed by atoms with Crippen LogP contribution in [0.1, 0.15) is 42.1 Å². The van der Waals surface area contributed by atoms with Gasteiger partial charge in [-0.3, -0.25) is 0 Å². The first-order valence-electron chi connectivity index (χ1n) is 8.41. The molecule has 128 valence electrons. The van der Waals surface area contributed by atoms with Crippen molar-refractivity contribution in [3.63, 3.8) is 0 Å². The largest absolute Gasteiger partial charge is 0.388 e. The number of aryl methyl sites for hydroxylation is 2. The Morgan fingerprint density at radius 2 is 1.71 bits per heavy atom. The van der Waals surface area contributed by atoms with Gasteiger partial charge in [0.2, 0.25) is 10.0 Å². The van der Waals surface area contributed by atoms with Gasteiger partial charge in [0.05, 0.1) is 11.0 Å². The molecule has 4 nitrogen and oxygen atoms in total. The number of hydrogen-bond acceptors (Lipinski definition) is 3. The quantitative estimate of drug-likeness (QED) is 0.846. The lowest BCUT2D eigenvalue weighted by Crippen LogP contribution is -2.26. The number of aliphatic hydroxyl groups is 1. The van der Waals surface area contributed by atoms with E-state index in [4.69, 9.17) is 0 Å². The summed E-state index contributed by atoms with van der Waals surface area (Å²) in [6.45, 7) is 0.204. The molecule has 1 atom stereocenters. The molecular weight excluding hydrogens is 322 g/mol. The Labute approximate surface area is 143 Å². The van der Waals surface area contributed by atoms with Crippen LogP contribution >= 0.6 is 0 Å². The van der Waals surface area contributed by atoms with Crippen LogP contribution in [0.2, 0.25) is 0 Å². The van der Waals surface area contributed by atoms with E-state index in [2.05, 4.69) is 4.72 Å². The molecule has 0 fully saturated rings. The molecule has 2 aromatic carbocycles. The number of aliphatic hydroxyl groups excluding tert-OH is 1. The Kier molecular flexibility index (Phi) is 5.33. The first-order chi connectivity index (χ1) is 11.6. The van der Waals surface area contributed by atoms with Crippen LogP contribution < -0.4 is 4.72 Å². The number of rotatable bonds is 6. The third kappa shape index (κ3) is 4.04. The normalized spacial score (nSPS) is 15.7. The molecule has 0 saturated heterocycles. The zero-order chi connectivity index (χ0) is 17.0. The molecule has 0 aliphatic heterocycles. The second-order valence-corrected chi connectivity index (χ2v) is 8.02. The zero-order valence-electron chi connectivity index (χ0n) is 13.6. The lowest BCUT2D eigenvalue weighted by molar-refractivity contribution is 0.169. The van der Waals surface area contributed by atoms with Crippen molar-refractivity contribution in [2.75, 3.05) is 6.54 Å². The Morgan fingerprint density at radius 1 is 1.00 bits per heavy atom. The molecule has 0 unspecified atom stereocenters. The first kappa shape index (κ1) is 17.1.